The summed E-state index contributed by atoms with van der Waals surface area (Å²) in [6, 6.07) is 3.81. The molecule has 0 aromatic carbocycles. The molecule has 7 heteroatoms. The highest BCUT2D eigenvalue weighted by molar-refractivity contribution is 9.11. The first-order chi connectivity index (χ1) is 7.15. The zero-order valence-corrected chi connectivity index (χ0v) is 10.4. The first-order valence-corrected chi connectivity index (χ1v) is 6.29. The van der Waals surface area contributed by atoms with E-state index in [0.717, 1.165) is 20.1 Å². The average molecular weight is 305 g/mol. The van der Waals surface area contributed by atoms with Crippen LogP contribution in [0.4, 0.5) is 10.1 Å². The van der Waals surface area contributed by atoms with E-state index in [4.69, 9.17) is 5.11 Å². The molecule has 0 amide bonds. The Balaban J connectivity index is 2.14. The second-order valence-corrected chi connectivity index (χ2v) is 6.06. The molecule has 2 rings (SSSR count). The van der Waals surface area contributed by atoms with Gasteiger partial charge in [-0.1, -0.05) is 11.3 Å². The number of anilines is 2. The number of thiazole rings is 1. The largest absolute Gasteiger partial charge is 0.477 e. The Labute approximate surface area is 102 Å². The van der Waals surface area contributed by atoms with Gasteiger partial charge in [0.1, 0.15) is 4.88 Å². The Morgan fingerprint density at radius 2 is 2.27 bits per heavy atom. The van der Waals surface area contributed by atoms with Gasteiger partial charge in [0.2, 0.25) is 0 Å². The minimum absolute atomic E-state index is 0.230. The molecule has 2 heterocycles. The lowest BCUT2D eigenvalue weighted by Crippen LogP contribution is -1.89. The van der Waals surface area contributed by atoms with E-state index in [-0.39, 0.29) is 4.88 Å². The molecular weight excluding hydrogens is 300 g/mol. The summed E-state index contributed by atoms with van der Waals surface area (Å²) in [5.41, 5.74) is 0. The van der Waals surface area contributed by atoms with Gasteiger partial charge in [-0.15, -0.1) is 11.3 Å². The maximum Gasteiger partial charge on any atom is 0.347 e. The second-order valence-electron chi connectivity index (χ2n) is 2.56. The van der Waals surface area contributed by atoms with Crippen LogP contribution < -0.4 is 5.32 Å². The minimum Gasteiger partial charge on any atom is -0.477 e. The van der Waals surface area contributed by atoms with Crippen LogP contribution in [0.1, 0.15) is 9.67 Å². The summed E-state index contributed by atoms with van der Waals surface area (Å²) < 4.78 is 1.01. The van der Waals surface area contributed by atoms with Gasteiger partial charge in [0.05, 0.1) is 15.0 Å². The number of carboxylic acid groups (broad SMARTS) is 1. The van der Waals surface area contributed by atoms with E-state index in [1.54, 1.807) is 0 Å². The van der Waals surface area contributed by atoms with Crippen molar-refractivity contribution in [3.8, 4) is 0 Å². The summed E-state index contributed by atoms with van der Waals surface area (Å²) in [5.74, 6) is -0.951. The minimum atomic E-state index is -0.951. The van der Waals surface area contributed by atoms with Gasteiger partial charge in [-0.3, -0.25) is 0 Å². The predicted octanol–water partition coefficient (Wildman–Crippen LogP) is 3.41. The van der Waals surface area contributed by atoms with Crippen molar-refractivity contribution in [1.82, 2.24) is 4.98 Å². The zero-order valence-electron chi connectivity index (χ0n) is 7.23. The summed E-state index contributed by atoms with van der Waals surface area (Å²) >= 11 is 5.98. The molecule has 2 aromatic heterocycles. The lowest BCUT2D eigenvalue weighted by Gasteiger charge is -1.95. The van der Waals surface area contributed by atoms with Crippen LogP contribution in [0.15, 0.2) is 22.1 Å². The third-order valence-electron chi connectivity index (χ3n) is 1.52. The number of halogens is 1. The zero-order chi connectivity index (χ0) is 10.8. The molecule has 0 aliphatic carbocycles. The van der Waals surface area contributed by atoms with Gasteiger partial charge in [-0.05, 0) is 28.1 Å². The van der Waals surface area contributed by atoms with E-state index in [1.165, 1.54) is 17.5 Å². The normalized spacial score (nSPS) is 10.2. The van der Waals surface area contributed by atoms with Gasteiger partial charge in [0, 0.05) is 0 Å². The first kappa shape index (κ1) is 10.6. The third kappa shape index (κ3) is 2.55. The van der Waals surface area contributed by atoms with Crippen molar-refractivity contribution < 1.29 is 9.90 Å². The van der Waals surface area contributed by atoms with Crippen molar-refractivity contribution >= 4 is 54.7 Å². The van der Waals surface area contributed by atoms with Crippen LogP contribution in [0.2, 0.25) is 0 Å². The average Bonchev–Trinajstić information content (AvgIpc) is 2.76. The molecule has 0 bridgehead atoms. The fourth-order valence-electron chi connectivity index (χ4n) is 0.918. The summed E-state index contributed by atoms with van der Waals surface area (Å²) in [5, 5.41) is 13.2. The van der Waals surface area contributed by atoms with Crippen molar-refractivity contribution in [2.24, 2.45) is 0 Å². The summed E-state index contributed by atoms with van der Waals surface area (Å²) in [6.07, 6.45) is 1.35. The molecular formula is C8H5BrN2O2S2. The highest BCUT2D eigenvalue weighted by Gasteiger charge is 2.08. The molecule has 0 spiro atoms. The molecule has 0 saturated heterocycles. The number of thiophene rings is 1. The Kier molecular flexibility index (Phi) is 3.03. The molecule has 0 atom stereocenters. The molecule has 15 heavy (non-hydrogen) atoms. The molecule has 0 aliphatic heterocycles. The van der Waals surface area contributed by atoms with Gasteiger partial charge in [-0.2, -0.15) is 0 Å². The summed E-state index contributed by atoms with van der Waals surface area (Å²) in [4.78, 5) is 14.8. The molecule has 78 valence electrons. The second kappa shape index (κ2) is 4.30. The Bertz CT molecular complexity index is 494. The lowest BCUT2D eigenvalue weighted by atomic mass is 10.6. The molecule has 2 aromatic rings. The Hall–Kier alpha value is -0.920. The van der Waals surface area contributed by atoms with Gasteiger partial charge in [-0.25, -0.2) is 9.78 Å². The van der Waals surface area contributed by atoms with Crippen LogP contribution >= 0.6 is 38.6 Å². The van der Waals surface area contributed by atoms with Crippen LogP contribution in [0.3, 0.4) is 0 Å². The maximum atomic E-state index is 10.6. The summed E-state index contributed by atoms with van der Waals surface area (Å²) in [7, 11) is 0. The van der Waals surface area contributed by atoms with Gasteiger partial charge < -0.3 is 10.4 Å². The Morgan fingerprint density at radius 1 is 1.47 bits per heavy atom. The standard InChI is InChI=1S/C8H5BrN2O2S2/c9-5-1-2-6(15-5)11-8-10-3-4(14-8)7(12)13/h1-3H,(H,10,11)(H,12,13). The maximum absolute atomic E-state index is 10.6. The third-order valence-corrected chi connectivity index (χ3v) is 3.96. The van der Waals surface area contributed by atoms with Crippen molar-refractivity contribution in [3.63, 3.8) is 0 Å². The first-order valence-electron chi connectivity index (χ1n) is 3.86. The fraction of sp³-hybridized carbons (Fsp3) is 0. The monoisotopic (exact) mass is 304 g/mol. The topological polar surface area (TPSA) is 62.2 Å². The van der Waals surface area contributed by atoms with Crippen LogP contribution in [-0.2, 0) is 0 Å². The van der Waals surface area contributed by atoms with E-state index in [2.05, 4.69) is 26.2 Å². The van der Waals surface area contributed by atoms with Gasteiger partial charge >= 0.3 is 5.97 Å². The van der Waals surface area contributed by atoms with Crippen LogP contribution in [0, 0.1) is 0 Å². The van der Waals surface area contributed by atoms with E-state index < -0.39 is 5.97 Å². The van der Waals surface area contributed by atoms with Crippen LogP contribution in [0.5, 0.6) is 0 Å². The van der Waals surface area contributed by atoms with Crippen molar-refractivity contribution in [3.05, 3.63) is 27.0 Å². The van der Waals surface area contributed by atoms with Gasteiger partial charge in [0.25, 0.3) is 0 Å². The molecule has 0 aliphatic rings. The van der Waals surface area contributed by atoms with Crippen molar-refractivity contribution in [1.29, 1.82) is 0 Å². The highest BCUT2D eigenvalue weighted by atomic mass is 79.9. The SMILES string of the molecule is O=C(O)c1cnc(Nc2ccc(Br)s2)s1. The number of hydrogen-bond donors (Lipinski definition) is 2. The van der Waals surface area contributed by atoms with Crippen molar-refractivity contribution in [2.75, 3.05) is 5.32 Å². The van der Waals surface area contributed by atoms with Crippen LogP contribution in [0.25, 0.3) is 0 Å². The number of aromatic carboxylic acids is 1. The predicted molar refractivity (Wildman–Crippen MR) is 64.4 cm³/mol. The molecule has 0 radical (unpaired) electrons. The number of carboxylic acids is 1. The molecule has 0 saturated carbocycles. The smallest absolute Gasteiger partial charge is 0.347 e. The number of rotatable bonds is 3. The van der Waals surface area contributed by atoms with Gasteiger partial charge in [0.15, 0.2) is 5.13 Å². The number of hydrogen-bond acceptors (Lipinski definition) is 5. The van der Waals surface area contributed by atoms with Crippen molar-refractivity contribution in [2.45, 2.75) is 0 Å². The lowest BCUT2D eigenvalue weighted by molar-refractivity contribution is 0.0702. The molecule has 4 nitrogen and oxygen atoms in total. The summed E-state index contributed by atoms with van der Waals surface area (Å²) in [6.45, 7) is 0. The fourth-order valence-corrected chi connectivity index (χ4v) is 2.93. The molecule has 0 fully saturated rings. The number of nitrogens with zero attached hydrogens (tertiary/aromatic N) is 1. The van der Waals surface area contributed by atoms with E-state index in [9.17, 15) is 4.79 Å². The highest BCUT2D eigenvalue weighted by Crippen LogP contribution is 2.30. The van der Waals surface area contributed by atoms with E-state index >= 15 is 0 Å². The molecule has 0 unspecified atom stereocenters. The quantitative estimate of drug-likeness (QED) is 0.912. The Morgan fingerprint density at radius 3 is 2.80 bits per heavy atom. The van der Waals surface area contributed by atoms with E-state index in [1.807, 2.05) is 12.1 Å². The van der Waals surface area contributed by atoms with E-state index in [0.29, 0.717) is 5.13 Å². The number of aromatic nitrogens is 1. The number of nitrogens with one attached hydrogen (secondary N) is 1. The molecule has 2 N–H and O–H groups in total. The number of carbonyl (C=O) groups is 1. The van der Waals surface area contributed by atoms with Crippen LogP contribution in [-0.4, -0.2) is 16.1 Å².